The number of amides is 1. The van der Waals surface area contributed by atoms with E-state index in [0.717, 1.165) is 4.90 Å². The number of likely N-dealkylation sites (tertiary alicyclic amines) is 1. The van der Waals surface area contributed by atoms with Crippen molar-refractivity contribution in [1.82, 2.24) is 4.90 Å². The minimum atomic E-state index is -4.84. The Morgan fingerprint density at radius 1 is 1.14 bits per heavy atom. The zero-order valence-electron chi connectivity index (χ0n) is 11.4. The lowest BCUT2D eigenvalue weighted by Crippen LogP contribution is -2.48. The van der Waals surface area contributed by atoms with Crippen molar-refractivity contribution in [2.45, 2.75) is 25.4 Å². The van der Waals surface area contributed by atoms with Gasteiger partial charge in [0, 0.05) is 19.7 Å². The topological polar surface area (TPSA) is 66.8 Å². The van der Waals surface area contributed by atoms with Gasteiger partial charge in [0.05, 0.1) is 12.5 Å². The number of ether oxygens (including phenoxy) is 1. The third-order valence-electron chi connectivity index (χ3n) is 4.40. The first-order chi connectivity index (χ1) is 9.80. The molecule has 2 rings (SSSR count). The van der Waals surface area contributed by atoms with Crippen molar-refractivity contribution in [3.05, 3.63) is 0 Å². The minimum absolute atomic E-state index is 0.0344. The Morgan fingerprint density at radius 2 is 1.76 bits per heavy atom. The van der Waals surface area contributed by atoms with Gasteiger partial charge < -0.3 is 14.7 Å². The zero-order valence-corrected chi connectivity index (χ0v) is 11.4. The fourth-order valence-electron chi connectivity index (χ4n) is 3.28. The van der Waals surface area contributed by atoms with Crippen LogP contribution in [0.15, 0.2) is 0 Å². The predicted octanol–water partition coefficient (Wildman–Crippen LogP) is 1.52. The van der Waals surface area contributed by atoms with Crippen molar-refractivity contribution in [3.8, 4) is 0 Å². The van der Waals surface area contributed by atoms with Gasteiger partial charge in [-0.15, -0.1) is 0 Å². The van der Waals surface area contributed by atoms with Gasteiger partial charge in [0.2, 0.25) is 0 Å². The largest absolute Gasteiger partial charge is 0.481 e. The molecule has 2 aliphatic rings. The fraction of sp³-hybridized carbons (Fsp3) is 0.846. The number of nitrogens with zero attached hydrogens (tertiary/aromatic N) is 1. The van der Waals surface area contributed by atoms with Crippen LogP contribution in [0.5, 0.6) is 0 Å². The Labute approximate surface area is 120 Å². The highest BCUT2D eigenvalue weighted by Gasteiger charge is 2.45. The van der Waals surface area contributed by atoms with Crippen LogP contribution < -0.4 is 0 Å². The van der Waals surface area contributed by atoms with E-state index in [1.54, 1.807) is 0 Å². The van der Waals surface area contributed by atoms with Crippen LogP contribution in [0.4, 0.5) is 13.2 Å². The first-order valence-electron chi connectivity index (χ1n) is 6.97. The molecule has 2 saturated heterocycles. The van der Waals surface area contributed by atoms with Gasteiger partial charge in [-0.2, -0.15) is 13.2 Å². The molecule has 2 atom stereocenters. The van der Waals surface area contributed by atoms with E-state index in [2.05, 4.69) is 0 Å². The molecule has 120 valence electrons. The highest BCUT2D eigenvalue weighted by molar-refractivity contribution is 5.81. The van der Waals surface area contributed by atoms with E-state index in [4.69, 9.17) is 4.74 Å². The molecule has 0 aromatic carbocycles. The molecule has 1 N–H and O–H groups in total. The van der Waals surface area contributed by atoms with Crippen LogP contribution in [0, 0.1) is 17.8 Å². The molecule has 5 nitrogen and oxygen atoms in total. The van der Waals surface area contributed by atoms with Gasteiger partial charge in [0.25, 0.3) is 0 Å². The van der Waals surface area contributed by atoms with Crippen LogP contribution in [-0.4, -0.2) is 54.4 Å². The maximum Gasteiger partial charge on any atom is 0.471 e. The van der Waals surface area contributed by atoms with Crippen molar-refractivity contribution in [3.63, 3.8) is 0 Å². The van der Waals surface area contributed by atoms with E-state index in [1.807, 2.05) is 0 Å². The van der Waals surface area contributed by atoms with Gasteiger partial charge in [0.1, 0.15) is 0 Å². The molecule has 2 aliphatic heterocycles. The normalized spacial score (nSPS) is 28.4. The van der Waals surface area contributed by atoms with E-state index in [-0.39, 0.29) is 31.5 Å². The van der Waals surface area contributed by atoms with E-state index in [9.17, 15) is 27.9 Å². The summed E-state index contributed by atoms with van der Waals surface area (Å²) in [5.41, 5.74) is 0. The van der Waals surface area contributed by atoms with Crippen molar-refractivity contribution in [1.29, 1.82) is 0 Å². The van der Waals surface area contributed by atoms with Crippen LogP contribution >= 0.6 is 0 Å². The van der Waals surface area contributed by atoms with Crippen LogP contribution in [0.25, 0.3) is 0 Å². The number of carboxylic acids is 1. The van der Waals surface area contributed by atoms with Crippen LogP contribution in [0.3, 0.4) is 0 Å². The quantitative estimate of drug-likeness (QED) is 0.840. The lowest BCUT2D eigenvalue weighted by atomic mass is 9.74. The summed E-state index contributed by atoms with van der Waals surface area (Å²) in [6.07, 6.45) is -3.41. The second-order valence-corrected chi connectivity index (χ2v) is 5.60. The first kappa shape index (κ1) is 16.1. The molecular weight excluding hydrogens is 291 g/mol. The molecule has 0 bridgehead atoms. The molecule has 2 fully saturated rings. The second-order valence-electron chi connectivity index (χ2n) is 5.60. The minimum Gasteiger partial charge on any atom is -0.481 e. The molecule has 1 amide bonds. The summed E-state index contributed by atoms with van der Waals surface area (Å²) in [7, 11) is 0. The lowest BCUT2D eigenvalue weighted by Gasteiger charge is -2.40. The Kier molecular flexibility index (Phi) is 4.75. The summed E-state index contributed by atoms with van der Waals surface area (Å²) in [6.45, 7) is 0.706. The third kappa shape index (κ3) is 3.66. The summed E-state index contributed by atoms with van der Waals surface area (Å²) in [4.78, 5) is 23.2. The van der Waals surface area contributed by atoms with Crippen molar-refractivity contribution >= 4 is 11.9 Å². The molecule has 0 saturated carbocycles. The Morgan fingerprint density at radius 3 is 2.29 bits per heavy atom. The van der Waals surface area contributed by atoms with Gasteiger partial charge in [0.15, 0.2) is 0 Å². The van der Waals surface area contributed by atoms with Crippen molar-refractivity contribution in [2.24, 2.45) is 17.8 Å². The lowest BCUT2D eigenvalue weighted by molar-refractivity contribution is -0.187. The SMILES string of the molecule is O=C(O)[C@@H]1COCC[C@@H]1C1CCN(C(=O)C(F)(F)F)CC1. The summed E-state index contributed by atoms with van der Waals surface area (Å²) >= 11 is 0. The number of aliphatic carboxylic acids is 1. The maximum absolute atomic E-state index is 12.4. The average molecular weight is 309 g/mol. The van der Waals surface area contributed by atoms with E-state index in [1.165, 1.54) is 0 Å². The molecular formula is C13H18F3NO4. The summed E-state index contributed by atoms with van der Waals surface area (Å²) in [5.74, 6) is -3.38. The number of carboxylic acid groups (broad SMARTS) is 1. The summed E-state index contributed by atoms with van der Waals surface area (Å²) in [5, 5.41) is 9.19. The summed E-state index contributed by atoms with van der Waals surface area (Å²) < 4.78 is 42.3. The van der Waals surface area contributed by atoms with Gasteiger partial charge in [-0.25, -0.2) is 0 Å². The molecule has 0 unspecified atom stereocenters. The third-order valence-corrected chi connectivity index (χ3v) is 4.40. The molecule has 21 heavy (non-hydrogen) atoms. The second kappa shape index (κ2) is 6.21. The molecule has 0 radical (unpaired) electrons. The van der Waals surface area contributed by atoms with Gasteiger partial charge in [-0.05, 0) is 31.1 Å². The standard InChI is InChI=1S/C13H18F3NO4/c14-13(15,16)12(20)17-4-1-8(2-5-17)9-3-6-21-7-10(9)11(18)19/h8-10H,1-7H2,(H,18,19)/t9-,10-/m1/s1. The van der Waals surface area contributed by atoms with Crippen molar-refractivity contribution in [2.75, 3.05) is 26.3 Å². The number of carbonyl (C=O) groups excluding carboxylic acids is 1. The highest BCUT2D eigenvalue weighted by Crippen LogP contribution is 2.36. The van der Waals surface area contributed by atoms with Gasteiger partial charge >= 0.3 is 18.1 Å². The highest BCUT2D eigenvalue weighted by atomic mass is 19.4. The molecule has 0 spiro atoms. The van der Waals surface area contributed by atoms with Crippen LogP contribution in [-0.2, 0) is 14.3 Å². The number of halogens is 3. The maximum atomic E-state index is 12.4. The Hall–Kier alpha value is -1.31. The molecule has 0 aromatic heterocycles. The average Bonchev–Trinajstić information content (AvgIpc) is 2.45. The number of hydrogen-bond donors (Lipinski definition) is 1. The zero-order chi connectivity index (χ0) is 15.6. The van der Waals surface area contributed by atoms with Crippen LogP contribution in [0.1, 0.15) is 19.3 Å². The van der Waals surface area contributed by atoms with Crippen molar-refractivity contribution < 1.29 is 32.6 Å². The molecule has 8 heteroatoms. The molecule has 0 aromatic rings. The Bertz CT molecular complexity index is 405. The van der Waals surface area contributed by atoms with E-state index < -0.39 is 24.0 Å². The fourth-order valence-corrected chi connectivity index (χ4v) is 3.28. The number of piperidine rings is 1. The number of hydrogen-bond acceptors (Lipinski definition) is 3. The molecule has 2 heterocycles. The summed E-state index contributed by atoms with van der Waals surface area (Å²) in [6, 6.07) is 0. The monoisotopic (exact) mass is 309 g/mol. The number of rotatable bonds is 2. The molecule has 0 aliphatic carbocycles. The number of carbonyl (C=O) groups is 2. The van der Waals surface area contributed by atoms with E-state index in [0.29, 0.717) is 25.9 Å². The van der Waals surface area contributed by atoms with E-state index >= 15 is 0 Å². The first-order valence-corrected chi connectivity index (χ1v) is 6.97. The van der Waals surface area contributed by atoms with Gasteiger partial charge in [-0.3, -0.25) is 9.59 Å². The number of alkyl halides is 3. The van der Waals surface area contributed by atoms with Crippen LogP contribution in [0.2, 0.25) is 0 Å². The van der Waals surface area contributed by atoms with Gasteiger partial charge in [-0.1, -0.05) is 0 Å². The predicted molar refractivity (Wildman–Crippen MR) is 65.4 cm³/mol. The smallest absolute Gasteiger partial charge is 0.471 e. The Balaban J connectivity index is 1.94.